The third kappa shape index (κ3) is 2.08. The van der Waals surface area contributed by atoms with Gasteiger partial charge in [0.05, 0.1) is 10.5 Å². The number of hydrogen-bond acceptors (Lipinski definition) is 2. The Morgan fingerprint density at radius 1 is 1.12 bits per heavy atom. The van der Waals surface area contributed by atoms with Gasteiger partial charge in [-0.2, -0.15) is 0 Å². The van der Waals surface area contributed by atoms with Crippen molar-refractivity contribution in [2.45, 2.75) is 6.42 Å². The zero-order valence-corrected chi connectivity index (χ0v) is 8.67. The van der Waals surface area contributed by atoms with Crippen LogP contribution in [0.4, 0.5) is 5.69 Å². The Bertz CT molecular complexity index is 498. The van der Waals surface area contributed by atoms with Crippen molar-refractivity contribution in [3.63, 3.8) is 0 Å². The maximum absolute atomic E-state index is 10.9. The van der Waals surface area contributed by atoms with Crippen molar-refractivity contribution in [2.75, 3.05) is 0 Å². The van der Waals surface area contributed by atoms with Gasteiger partial charge in [0.1, 0.15) is 0 Å². The van der Waals surface area contributed by atoms with Crippen molar-refractivity contribution >= 4 is 11.3 Å². The van der Waals surface area contributed by atoms with Crippen LogP contribution in [-0.4, -0.2) is 4.92 Å². The van der Waals surface area contributed by atoms with Crippen molar-refractivity contribution < 1.29 is 4.92 Å². The lowest BCUT2D eigenvalue weighted by molar-refractivity contribution is -0.385. The number of rotatable bonds is 2. The first-order chi connectivity index (χ1) is 7.79. The van der Waals surface area contributed by atoms with E-state index in [9.17, 15) is 10.1 Å². The van der Waals surface area contributed by atoms with Gasteiger partial charge in [0.15, 0.2) is 0 Å². The fraction of sp³-hybridized carbons (Fsp3) is 0.0769. The summed E-state index contributed by atoms with van der Waals surface area (Å²) >= 11 is 0. The number of benzene rings is 1. The van der Waals surface area contributed by atoms with Gasteiger partial charge >= 0.3 is 0 Å². The second kappa shape index (κ2) is 4.57. The summed E-state index contributed by atoms with van der Waals surface area (Å²) in [7, 11) is 0. The lowest BCUT2D eigenvalue weighted by Gasteiger charge is -2.04. The Hall–Kier alpha value is -2.16. The summed E-state index contributed by atoms with van der Waals surface area (Å²) in [5, 5.41) is 10.9. The van der Waals surface area contributed by atoms with Gasteiger partial charge in [-0.05, 0) is 18.1 Å². The molecule has 0 aromatic heterocycles. The quantitative estimate of drug-likeness (QED) is 0.557. The first-order valence-corrected chi connectivity index (χ1v) is 5.05. The van der Waals surface area contributed by atoms with E-state index in [1.807, 2.05) is 36.4 Å². The average Bonchev–Trinajstić information content (AvgIpc) is 2.57. The Morgan fingerprint density at radius 2 is 1.94 bits per heavy atom. The fourth-order valence-corrected chi connectivity index (χ4v) is 1.68. The van der Waals surface area contributed by atoms with Crippen LogP contribution in [0.5, 0.6) is 0 Å². The van der Waals surface area contributed by atoms with E-state index in [-0.39, 0.29) is 10.6 Å². The predicted molar refractivity (Wildman–Crippen MR) is 64.0 cm³/mol. The van der Waals surface area contributed by atoms with Crippen molar-refractivity contribution in [2.24, 2.45) is 0 Å². The van der Waals surface area contributed by atoms with Crippen LogP contribution in [0.25, 0.3) is 5.57 Å². The molecule has 0 heterocycles. The number of allylic oxidation sites excluding steroid dienone is 6. The van der Waals surface area contributed by atoms with Crippen LogP contribution in [0.1, 0.15) is 12.0 Å². The smallest absolute Gasteiger partial charge is 0.258 e. The standard InChI is InChI=1S/C13H11NO2/c15-14(16)13-10-6-5-9-12(13)11-7-3-1-2-4-8-11/h1-7,9-10H,8H2. The molecule has 0 aliphatic heterocycles. The summed E-state index contributed by atoms with van der Waals surface area (Å²) in [6.07, 6.45) is 10.4. The molecule has 0 saturated heterocycles. The summed E-state index contributed by atoms with van der Waals surface area (Å²) in [6, 6.07) is 6.83. The Balaban J connectivity index is 2.47. The molecule has 3 nitrogen and oxygen atoms in total. The molecule has 0 amide bonds. The van der Waals surface area contributed by atoms with Gasteiger partial charge in [0, 0.05) is 6.07 Å². The van der Waals surface area contributed by atoms with Gasteiger partial charge in [0.2, 0.25) is 0 Å². The van der Waals surface area contributed by atoms with Gasteiger partial charge in [0.25, 0.3) is 5.69 Å². The van der Waals surface area contributed by atoms with E-state index in [0.29, 0.717) is 5.56 Å². The minimum Gasteiger partial charge on any atom is -0.258 e. The van der Waals surface area contributed by atoms with Crippen molar-refractivity contribution in [3.8, 4) is 0 Å². The Kier molecular flexibility index (Phi) is 2.96. The van der Waals surface area contributed by atoms with Crippen LogP contribution in [0.2, 0.25) is 0 Å². The van der Waals surface area contributed by atoms with Gasteiger partial charge < -0.3 is 0 Å². The molecule has 3 heteroatoms. The van der Waals surface area contributed by atoms with Crippen LogP contribution < -0.4 is 0 Å². The van der Waals surface area contributed by atoms with Crippen LogP contribution in [-0.2, 0) is 0 Å². The van der Waals surface area contributed by atoms with Gasteiger partial charge in [-0.25, -0.2) is 0 Å². The molecule has 16 heavy (non-hydrogen) atoms. The van der Waals surface area contributed by atoms with E-state index < -0.39 is 0 Å². The number of para-hydroxylation sites is 1. The molecule has 0 fully saturated rings. The van der Waals surface area contributed by atoms with E-state index in [2.05, 4.69) is 0 Å². The lowest BCUT2D eigenvalue weighted by Crippen LogP contribution is -1.94. The molecular formula is C13H11NO2. The third-order valence-electron chi connectivity index (χ3n) is 2.44. The van der Waals surface area contributed by atoms with Crippen LogP contribution in [0.15, 0.2) is 54.6 Å². The number of hydrogen-bond donors (Lipinski definition) is 0. The summed E-state index contributed by atoms with van der Waals surface area (Å²) in [5.74, 6) is 0. The number of nitrogens with zero attached hydrogens (tertiary/aromatic N) is 1. The molecule has 0 spiro atoms. The molecule has 0 atom stereocenters. The van der Waals surface area contributed by atoms with Crippen LogP contribution in [0.3, 0.4) is 0 Å². The first-order valence-electron chi connectivity index (χ1n) is 5.05. The number of nitro benzene ring substituents is 1. The first kappa shape index (κ1) is 10.4. The van der Waals surface area contributed by atoms with E-state index in [1.165, 1.54) is 6.07 Å². The molecule has 0 N–H and O–H groups in total. The molecule has 1 aromatic rings. The van der Waals surface area contributed by atoms with Crippen molar-refractivity contribution in [1.29, 1.82) is 0 Å². The molecule has 0 unspecified atom stereocenters. The van der Waals surface area contributed by atoms with E-state index in [1.54, 1.807) is 12.1 Å². The summed E-state index contributed by atoms with van der Waals surface area (Å²) in [6.45, 7) is 0. The third-order valence-corrected chi connectivity index (χ3v) is 2.44. The highest BCUT2D eigenvalue weighted by atomic mass is 16.6. The number of nitro groups is 1. The second-order valence-electron chi connectivity index (χ2n) is 3.48. The monoisotopic (exact) mass is 213 g/mol. The summed E-state index contributed by atoms with van der Waals surface area (Å²) < 4.78 is 0. The van der Waals surface area contributed by atoms with Gasteiger partial charge in [-0.1, -0.05) is 42.5 Å². The Morgan fingerprint density at radius 3 is 2.75 bits per heavy atom. The molecule has 1 aromatic carbocycles. The largest absolute Gasteiger partial charge is 0.276 e. The molecule has 80 valence electrons. The minimum atomic E-state index is -0.339. The van der Waals surface area contributed by atoms with E-state index >= 15 is 0 Å². The maximum atomic E-state index is 10.9. The van der Waals surface area contributed by atoms with E-state index in [4.69, 9.17) is 0 Å². The van der Waals surface area contributed by atoms with E-state index in [0.717, 1.165) is 12.0 Å². The second-order valence-corrected chi connectivity index (χ2v) is 3.48. The van der Waals surface area contributed by atoms with Crippen molar-refractivity contribution in [3.05, 3.63) is 70.3 Å². The highest BCUT2D eigenvalue weighted by Gasteiger charge is 2.14. The molecule has 0 bridgehead atoms. The predicted octanol–water partition coefficient (Wildman–Crippen LogP) is 3.49. The molecule has 1 aliphatic rings. The molecule has 0 saturated carbocycles. The normalized spacial score (nSPS) is 14.4. The van der Waals surface area contributed by atoms with Crippen molar-refractivity contribution in [1.82, 2.24) is 0 Å². The minimum absolute atomic E-state index is 0.164. The molecule has 1 aliphatic carbocycles. The molecule has 2 rings (SSSR count). The summed E-state index contributed by atoms with van der Waals surface area (Å²) in [5.41, 5.74) is 1.83. The maximum Gasteiger partial charge on any atom is 0.276 e. The SMILES string of the molecule is O=[N+]([O-])c1ccccc1C1=CC=CC=CC1. The van der Waals surface area contributed by atoms with Gasteiger partial charge in [-0.3, -0.25) is 10.1 Å². The summed E-state index contributed by atoms with van der Waals surface area (Å²) in [4.78, 5) is 10.6. The lowest BCUT2D eigenvalue weighted by atomic mass is 10.0. The zero-order chi connectivity index (χ0) is 11.4. The van der Waals surface area contributed by atoms with Crippen LogP contribution in [0, 0.1) is 10.1 Å². The average molecular weight is 213 g/mol. The molecule has 0 radical (unpaired) electrons. The molecular weight excluding hydrogens is 202 g/mol. The zero-order valence-electron chi connectivity index (χ0n) is 8.67. The fourth-order valence-electron chi connectivity index (χ4n) is 1.68. The highest BCUT2D eigenvalue weighted by molar-refractivity contribution is 5.75. The highest BCUT2D eigenvalue weighted by Crippen LogP contribution is 2.28. The Labute approximate surface area is 93.6 Å². The topological polar surface area (TPSA) is 43.1 Å². The van der Waals surface area contributed by atoms with Crippen LogP contribution >= 0.6 is 0 Å². The van der Waals surface area contributed by atoms with Gasteiger partial charge in [-0.15, -0.1) is 0 Å².